The molecule has 94 valence electrons. The van der Waals surface area contributed by atoms with Gasteiger partial charge in [0.25, 0.3) is 0 Å². The van der Waals surface area contributed by atoms with Gasteiger partial charge >= 0.3 is 0 Å². The number of rotatable bonds is 7. The van der Waals surface area contributed by atoms with Crippen LogP contribution in [0.15, 0.2) is 24.3 Å². The zero-order chi connectivity index (χ0) is 12.7. The van der Waals surface area contributed by atoms with Crippen molar-refractivity contribution in [2.45, 2.75) is 6.92 Å². The predicted molar refractivity (Wildman–Crippen MR) is 69.7 cm³/mol. The summed E-state index contributed by atoms with van der Waals surface area (Å²) < 4.78 is 0. The number of likely N-dealkylation sites (N-methyl/N-ethyl adjacent to an activating group) is 2. The number of carbonyl (C=O) groups excluding carboxylic acids is 1. The summed E-state index contributed by atoms with van der Waals surface area (Å²) in [4.78, 5) is 13.7. The van der Waals surface area contributed by atoms with E-state index in [1.807, 2.05) is 31.2 Å². The highest BCUT2D eigenvalue weighted by Gasteiger charge is 2.06. The number of aliphatic hydroxyl groups excluding tert-OH is 1. The number of nitrogens with zero attached hydrogens (tertiary/aromatic N) is 1. The first kappa shape index (κ1) is 13.7. The third-order valence-corrected chi connectivity index (χ3v) is 2.64. The second-order valence-corrected chi connectivity index (χ2v) is 3.80. The summed E-state index contributed by atoms with van der Waals surface area (Å²) in [5.41, 5.74) is 1.74. The van der Waals surface area contributed by atoms with Crippen LogP contribution >= 0.6 is 0 Å². The maximum absolute atomic E-state index is 11.6. The second-order valence-electron chi connectivity index (χ2n) is 3.80. The highest BCUT2D eigenvalue weighted by atomic mass is 16.3. The summed E-state index contributed by atoms with van der Waals surface area (Å²) in [5.74, 6) is 0.0873. The first-order chi connectivity index (χ1) is 8.22. The van der Waals surface area contributed by atoms with Crippen LogP contribution in [-0.4, -0.2) is 44.2 Å². The van der Waals surface area contributed by atoms with Crippen molar-refractivity contribution in [1.82, 2.24) is 5.32 Å². The van der Waals surface area contributed by atoms with Crippen LogP contribution in [0.5, 0.6) is 0 Å². The molecule has 1 rings (SSSR count). The van der Waals surface area contributed by atoms with Gasteiger partial charge < -0.3 is 15.3 Å². The van der Waals surface area contributed by atoms with Crippen LogP contribution in [0, 0.1) is 0 Å². The molecule has 0 heterocycles. The summed E-state index contributed by atoms with van der Waals surface area (Å²) in [7, 11) is 1.76. The molecule has 0 amide bonds. The van der Waals surface area contributed by atoms with E-state index in [2.05, 4.69) is 10.2 Å². The van der Waals surface area contributed by atoms with Crippen LogP contribution in [0.4, 0.5) is 5.69 Å². The summed E-state index contributed by atoms with van der Waals surface area (Å²) in [5, 5.41) is 11.8. The molecule has 0 bridgehead atoms. The van der Waals surface area contributed by atoms with Gasteiger partial charge in [-0.15, -0.1) is 0 Å². The van der Waals surface area contributed by atoms with Crippen molar-refractivity contribution in [3.8, 4) is 0 Å². The van der Waals surface area contributed by atoms with Crippen molar-refractivity contribution in [1.29, 1.82) is 0 Å². The summed E-state index contributed by atoms with van der Waals surface area (Å²) in [6.45, 7) is 3.97. The van der Waals surface area contributed by atoms with Crippen molar-refractivity contribution < 1.29 is 9.90 Å². The van der Waals surface area contributed by atoms with Crippen LogP contribution in [0.2, 0.25) is 0 Å². The number of Topliss-reactive ketones (excluding diaryl/α,β-unsaturated/α-hetero) is 1. The monoisotopic (exact) mass is 236 g/mol. The molecule has 17 heavy (non-hydrogen) atoms. The summed E-state index contributed by atoms with van der Waals surface area (Å²) in [6, 6.07) is 7.49. The van der Waals surface area contributed by atoms with Crippen molar-refractivity contribution >= 4 is 11.5 Å². The third-order valence-electron chi connectivity index (χ3n) is 2.64. The maximum Gasteiger partial charge on any atom is 0.176 e. The van der Waals surface area contributed by atoms with Gasteiger partial charge in [0.05, 0.1) is 13.2 Å². The van der Waals surface area contributed by atoms with E-state index in [9.17, 15) is 4.79 Å². The quantitative estimate of drug-likeness (QED) is 0.691. The molecule has 0 aliphatic heterocycles. The van der Waals surface area contributed by atoms with Gasteiger partial charge in [-0.3, -0.25) is 4.79 Å². The molecule has 4 nitrogen and oxygen atoms in total. The minimum atomic E-state index is 0.0873. The number of benzene rings is 1. The van der Waals surface area contributed by atoms with Gasteiger partial charge in [0.1, 0.15) is 0 Å². The lowest BCUT2D eigenvalue weighted by molar-refractivity contribution is 0.0993. The predicted octanol–water partition coefficient (Wildman–Crippen LogP) is 0.907. The van der Waals surface area contributed by atoms with Crippen LogP contribution < -0.4 is 10.2 Å². The number of hydrogen-bond donors (Lipinski definition) is 2. The molecule has 1 aromatic carbocycles. The Labute approximate surface area is 102 Å². The van der Waals surface area contributed by atoms with Gasteiger partial charge in [-0.25, -0.2) is 0 Å². The van der Waals surface area contributed by atoms with Crippen LogP contribution in [0.25, 0.3) is 0 Å². The molecule has 0 saturated heterocycles. The number of nitrogens with one attached hydrogen (secondary N) is 1. The van der Waals surface area contributed by atoms with Gasteiger partial charge in [0, 0.05) is 24.3 Å². The first-order valence-electron chi connectivity index (χ1n) is 5.86. The smallest absolute Gasteiger partial charge is 0.176 e. The second kappa shape index (κ2) is 7.04. The van der Waals surface area contributed by atoms with E-state index in [0.717, 1.165) is 12.2 Å². The molecule has 4 heteroatoms. The van der Waals surface area contributed by atoms with Crippen molar-refractivity contribution in [2.24, 2.45) is 0 Å². The Morgan fingerprint density at radius 1 is 1.35 bits per heavy atom. The van der Waals surface area contributed by atoms with Gasteiger partial charge in [-0.2, -0.15) is 0 Å². The number of carbonyl (C=O) groups is 1. The Kier molecular flexibility index (Phi) is 5.66. The molecule has 0 aliphatic carbocycles. The average Bonchev–Trinajstić information content (AvgIpc) is 2.36. The number of ketones is 1. The Hall–Kier alpha value is -1.39. The Balaban J connectivity index is 2.76. The van der Waals surface area contributed by atoms with E-state index in [1.165, 1.54) is 0 Å². The Morgan fingerprint density at radius 3 is 2.47 bits per heavy atom. The molecule has 0 atom stereocenters. The van der Waals surface area contributed by atoms with Gasteiger partial charge in [-0.1, -0.05) is 0 Å². The largest absolute Gasteiger partial charge is 0.395 e. The Morgan fingerprint density at radius 2 is 2.00 bits per heavy atom. The zero-order valence-corrected chi connectivity index (χ0v) is 10.4. The van der Waals surface area contributed by atoms with E-state index < -0.39 is 0 Å². The van der Waals surface area contributed by atoms with E-state index in [1.54, 1.807) is 7.05 Å². The van der Waals surface area contributed by atoms with Crippen molar-refractivity contribution in [3.63, 3.8) is 0 Å². The lowest BCUT2D eigenvalue weighted by Gasteiger charge is -2.22. The number of hydrogen-bond acceptors (Lipinski definition) is 4. The van der Waals surface area contributed by atoms with Crippen LogP contribution in [0.1, 0.15) is 17.3 Å². The molecule has 2 N–H and O–H groups in total. The minimum Gasteiger partial charge on any atom is -0.395 e. The van der Waals surface area contributed by atoms with Gasteiger partial charge in [0.2, 0.25) is 0 Å². The Bertz CT molecular complexity index is 349. The molecule has 0 saturated carbocycles. The maximum atomic E-state index is 11.6. The molecule has 0 spiro atoms. The molecular weight excluding hydrogens is 216 g/mol. The highest BCUT2D eigenvalue weighted by molar-refractivity contribution is 5.97. The lowest BCUT2D eigenvalue weighted by atomic mass is 10.1. The highest BCUT2D eigenvalue weighted by Crippen LogP contribution is 2.15. The molecule has 0 aromatic heterocycles. The van der Waals surface area contributed by atoms with Gasteiger partial charge in [0.15, 0.2) is 5.78 Å². The SMILES string of the molecule is CCN(CCO)c1ccc(C(=O)CNC)cc1. The molecule has 0 aliphatic rings. The van der Waals surface area contributed by atoms with Crippen molar-refractivity contribution in [2.75, 3.05) is 38.2 Å². The molecular formula is C13H20N2O2. The average molecular weight is 236 g/mol. The minimum absolute atomic E-state index is 0.0873. The van der Waals surface area contributed by atoms with Gasteiger partial charge in [-0.05, 0) is 38.2 Å². The van der Waals surface area contributed by atoms with Crippen molar-refractivity contribution in [3.05, 3.63) is 29.8 Å². The van der Waals surface area contributed by atoms with Crippen LogP contribution in [-0.2, 0) is 0 Å². The molecule has 1 aromatic rings. The van der Waals surface area contributed by atoms with Crippen LogP contribution in [0.3, 0.4) is 0 Å². The summed E-state index contributed by atoms with van der Waals surface area (Å²) >= 11 is 0. The fourth-order valence-electron chi connectivity index (χ4n) is 1.71. The fourth-order valence-corrected chi connectivity index (χ4v) is 1.71. The molecule has 0 radical (unpaired) electrons. The number of aliphatic hydroxyl groups is 1. The standard InChI is InChI=1S/C13H20N2O2/c1-3-15(8-9-16)12-6-4-11(5-7-12)13(17)10-14-2/h4-7,14,16H,3,8-10H2,1-2H3. The first-order valence-corrected chi connectivity index (χ1v) is 5.86. The molecule has 0 fully saturated rings. The molecule has 0 unspecified atom stereocenters. The summed E-state index contributed by atoms with van der Waals surface area (Å²) in [6.07, 6.45) is 0. The normalized spacial score (nSPS) is 10.3. The van der Waals surface area contributed by atoms with E-state index >= 15 is 0 Å². The van der Waals surface area contributed by atoms with E-state index in [4.69, 9.17) is 5.11 Å². The topological polar surface area (TPSA) is 52.6 Å². The zero-order valence-electron chi connectivity index (χ0n) is 10.4. The third kappa shape index (κ3) is 3.84. The van der Waals surface area contributed by atoms with E-state index in [0.29, 0.717) is 18.7 Å². The lowest BCUT2D eigenvalue weighted by Crippen LogP contribution is -2.26. The number of anilines is 1. The van der Waals surface area contributed by atoms with E-state index in [-0.39, 0.29) is 12.4 Å². The fraction of sp³-hybridized carbons (Fsp3) is 0.462.